The molecule has 0 aromatic carbocycles. The van der Waals surface area contributed by atoms with Crippen LogP contribution in [0.5, 0.6) is 0 Å². The number of ether oxygens (including phenoxy) is 13. The topological polar surface area (TPSA) is 490 Å². The van der Waals surface area contributed by atoms with Gasteiger partial charge in [0.1, 0.15) is 146 Å². The van der Waals surface area contributed by atoms with Crippen molar-refractivity contribution in [2.75, 3.05) is 52.8 Å². The van der Waals surface area contributed by atoms with Crippen LogP contribution in [0.2, 0.25) is 0 Å². The van der Waals surface area contributed by atoms with E-state index in [4.69, 9.17) is 67.3 Å². The monoisotopic (exact) mass is 1020 g/mol. The van der Waals surface area contributed by atoms with Crippen LogP contribution in [0.3, 0.4) is 0 Å². The third kappa shape index (κ3) is 11.1. The molecule has 69 heavy (non-hydrogen) atoms. The fourth-order valence-electron chi connectivity index (χ4n) is 9.31. The van der Waals surface area contributed by atoms with Crippen molar-refractivity contribution in [2.24, 2.45) is 5.73 Å². The predicted molar refractivity (Wildman–Crippen MR) is 209 cm³/mol. The Balaban J connectivity index is 1.21. The van der Waals surface area contributed by atoms with Gasteiger partial charge in [0.2, 0.25) is 0 Å². The van der Waals surface area contributed by atoms with Crippen molar-refractivity contribution in [3.8, 4) is 0 Å². The van der Waals surface area contributed by atoms with Crippen molar-refractivity contribution in [3.63, 3.8) is 0 Å². The van der Waals surface area contributed by atoms with E-state index in [1.54, 1.807) is 0 Å². The van der Waals surface area contributed by atoms with Gasteiger partial charge in [0, 0.05) is 6.54 Å². The van der Waals surface area contributed by atoms with Gasteiger partial charge in [0.05, 0.1) is 46.2 Å². The maximum absolute atomic E-state index is 11.6. The molecule has 22 aliphatic heterocycles. The van der Waals surface area contributed by atoms with Crippen LogP contribution in [0.4, 0.5) is 0 Å². The lowest BCUT2D eigenvalue weighted by Gasteiger charge is -2.51. The summed E-state index contributed by atoms with van der Waals surface area (Å²) in [5, 5.41) is 187. The molecule has 22 heterocycles. The highest BCUT2D eigenvalue weighted by atomic mass is 16.8. The van der Waals surface area contributed by atoms with Crippen LogP contribution in [-0.4, -0.2) is 324 Å². The molecule has 0 aromatic rings. The Morgan fingerprint density at radius 3 is 0.696 bits per heavy atom. The van der Waals surface area contributed by atoms with Gasteiger partial charge in [-0.25, -0.2) is 0 Å². The van der Waals surface area contributed by atoms with Crippen LogP contribution in [0.25, 0.3) is 0 Å². The number of rotatable bonds is 9. The Morgan fingerprint density at radius 2 is 0.478 bits per heavy atom. The van der Waals surface area contributed by atoms with Crippen molar-refractivity contribution < 1.29 is 148 Å². The summed E-state index contributed by atoms with van der Waals surface area (Å²) in [6.07, 6.45) is -57.2. The first-order valence-corrected chi connectivity index (χ1v) is 22.3. The Labute approximate surface area is 391 Å². The van der Waals surface area contributed by atoms with E-state index in [2.05, 4.69) is 0 Å². The van der Waals surface area contributed by atoms with Gasteiger partial charge in [0.25, 0.3) is 0 Å². The molecule has 19 N–H and O–H groups in total. The van der Waals surface area contributed by atoms with E-state index < -0.39 is 224 Å². The smallest absolute Gasteiger partial charge is 0.187 e. The lowest BCUT2D eigenvalue weighted by molar-refractivity contribution is -0.404. The molecule has 0 aromatic heterocycles. The van der Waals surface area contributed by atoms with Gasteiger partial charge in [0.15, 0.2) is 37.7 Å². The molecule has 0 saturated carbocycles. The van der Waals surface area contributed by atoms with E-state index in [0.717, 1.165) is 0 Å². The molecule has 31 heteroatoms. The average Bonchev–Trinajstić information content (AvgIpc) is 3.34. The molecule has 22 aliphatic rings. The van der Waals surface area contributed by atoms with E-state index in [9.17, 15) is 86.8 Å². The Bertz CT molecular complexity index is 1570. The van der Waals surface area contributed by atoms with Gasteiger partial charge < -0.3 is 154 Å². The summed E-state index contributed by atoms with van der Waals surface area (Å²) in [5.74, 6) is 0. The zero-order valence-electron chi connectivity index (χ0n) is 36.5. The Kier molecular flexibility index (Phi) is 19.3. The van der Waals surface area contributed by atoms with Crippen LogP contribution in [0.1, 0.15) is 0 Å². The van der Waals surface area contributed by atoms with Gasteiger partial charge in [-0.1, -0.05) is 0 Å². The SMILES string of the molecule is NCCO[C@@H]1[C@@H](O)[C@H]2O[C@H]3[C@H](O)[C@@H](O)[C@@H](O[C@H]4[C@H](O)[C@@H](O)[C@@H](O[C@H]5[C@H](O)[C@@H](O)[C@@H](O[C@H]6[C@H](O)[C@@H](O)[C@@H](O[C@H]7[C@H](O)[C@@H](O)[C@@H](O[C@H]1[C@@H](CO)O2)O[C@@H]7CO)O[C@@H]6CO)O[C@@H]5CO)O[C@@H]4CO)O[C@@H]3CO. The lowest BCUT2D eigenvalue weighted by Crippen LogP contribution is -2.69. The fraction of sp³-hybridized carbons (Fsp3) is 1.00. The molecule has 30 atom stereocenters. The standard InChI is InChI=1S/C38H65NO30/c39-1-2-57-32-25(56)38-63-14(8-45)31(32)69-37-24(55)19(50)29(12(6-43)62-37)67-35-22(53)17(48)27(10(4-41)60-35)65-33-20(51)15(46)26(9(3-40)58-33)64-34-21(52)16(47)28(11(5-42)59-34)66-36-23(54)18(49)30(68-38)13(7-44)61-36/h9-38,40-56H,1-8,39H2/t9-,10-,11-,12-,13-,14-,15-,16-,17-,18-,19-,20-,21-,22-,23-,24-,25-,26-,27-,28-,29-,30-,31+,32-,33-,34-,35-,36-,37-,38-/m1/s1. The molecule has 0 radical (unpaired) electrons. The molecule has 31 nitrogen and oxygen atoms in total. The molecule has 22 fully saturated rings. The summed E-state index contributed by atoms with van der Waals surface area (Å²) in [6.45, 7) is -6.31. The van der Waals surface area contributed by atoms with Crippen LogP contribution in [0.15, 0.2) is 0 Å². The van der Waals surface area contributed by atoms with Gasteiger partial charge in [-0.05, 0) is 0 Å². The highest BCUT2D eigenvalue weighted by Crippen LogP contribution is 2.38. The van der Waals surface area contributed by atoms with Gasteiger partial charge in [-0.3, -0.25) is 0 Å². The summed E-state index contributed by atoms with van der Waals surface area (Å²) in [5.41, 5.74) is 5.67. The number of hydrogen-bond acceptors (Lipinski definition) is 31. The summed E-state index contributed by atoms with van der Waals surface area (Å²) >= 11 is 0. The molecule has 0 unspecified atom stereocenters. The van der Waals surface area contributed by atoms with Crippen molar-refractivity contribution in [3.05, 3.63) is 0 Å². The highest BCUT2D eigenvalue weighted by molar-refractivity contribution is 5.01. The molecule has 12 bridgehead atoms. The van der Waals surface area contributed by atoms with Crippen LogP contribution >= 0.6 is 0 Å². The van der Waals surface area contributed by atoms with Crippen LogP contribution < -0.4 is 5.73 Å². The van der Waals surface area contributed by atoms with Crippen molar-refractivity contribution in [1.82, 2.24) is 0 Å². The average molecular weight is 1020 g/mol. The van der Waals surface area contributed by atoms with Gasteiger partial charge >= 0.3 is 0 Å². The third-order valence-corrected chi connectivity index (χ3v) is 13.1. The second-order valence-electron chi connectivity index (χ2n) is 17.5. The van der Waals surface area contributed by atoms with Crippen LogP contribution in [-0.2, 0) is 61.6 Å². The third-order valence-electron chi connectivity index (χ3n) is 13.1. The summed E-state index contributed by atoms with van der Waals surface area (Å²) in [4.78, 5) is 0. The minimum absolute atomic E-state index is 0.144. The quantitative estimate of drug-likeness (QED) is 0.102. The zero-order chi connectivity index (χ0) is 50.2. The first kappa shape index (κ1) is 55.5. The summed E-state index contributed by atoms with van der Waals surface area (Å²) in [7, 11) is 0. The fourth-order valence-corrected chi connectivity index (χ4v) is 9.31. The number of aliphatic hydroxyl groups is 17. The molecule has 22 rings (SSSR count). The van der Waals surface area contributed by atoms with Gasteiger partial charge in [-0.15, -0.1) is 0 Å². The molecular weight excluding hydrogens is 950 g/mol. The largest absolute Gasteiger partial charge is 0.394 e. The molecular formula is C38H65NO30. The normalized spacial score (nSPS) is 53.5. The zero-order valence-corrected chi connectivity index (χ0v) is 36.5. The second kappa shape index (κ2) is 24.0. The molecule has 0 amide bonds. The minimum Gasteiger partial charge on any atom is -0.394 e. The van der Waals surface area contributed by atoms with E-state index in [1.807, 2.05) is 0 Å². The summed E-state index contributed by atoms with van der Waals surface area (Å²) in [6, 6.07) is 0. The molecule has 0 aliphatic carbocycles. The maximum Gasteiger partial charge on any atom is 0.187 e. The molecule has 402 valence electrons. The van der Waals surface area contributed by atoms with Gasteiger partial charge in [-0.2, -0.15) is 0 Å². The molecule has 0 spiro atoms. The van der Waals surface area contributed by atoms with Crippen molar-refractivity contribution >= 4 is 0 Å². The Morgan fingerprint density at radius 1 is 0.275 bits per heavy atom. The van der Waals surface area contributed by atoms with E-state index >= 15 is 0 Å². The van der Waals surface area contributed by atoms with E-state index in [0.29, 0.717) is 0 Å². The Hall–Kier alpha value is -1.24. The predicted octanol–water partition coefficient (Wildman–Crippen LogP) is -13.1. The number of aliphatic hydroxyl groups excluding tert-OH is 17. The van der Waals surface area contributed by atoms with Crippen molar-refractivity contribution in [2.45, 2.75) is 184 Å². The van der Waals surface area contributed by atoms with E-state index in [1.165, 1.54) is 0 Å². The number of nitrogens with two attached hydrogens (primary N) is 1. The first-order chi connectivity index (χ1) is 33.0. The number of hydrogen-bond donors (Lipinski definition) is 18. The van der Waals surface area contributed by atoms with Crippen molar-refractivity contribution in [1.29, 1.82) is 0 Å². The van der Waals surface area contributed by atoms with E-state index in [-0.39, 0.29) is 13.2 Å². The second-order valence-corrected chi connectivity index (χ2v) is 17.5. The minimum atomic E-state index is -2.15. The highest BCUT2D eigenvalue weighted by Gasteiger charge is 2.59. The van der Waals surface area contributed by atoms with Crippen LogP contribution in [0, 0.1) is 0 Å². The summed E-state index contributed by atoms with van der Waals surface area (Å²) < 4.78 is 74.8. The first-order valence-electron chi connectivity index (χ1n) is 22.3. The lowest BCUT2D eigenvalue weighted by atomic mass is 9.94. The maximum atomic E-state index is 11.6. The molecule has 22 saturated heterocycles.